The maximum absolute atomic E-state index is 11.8. The molecule has 2 atom stereocenters. The third kappa shape index (κ3) is 3.71. The van der Waals surface area contributed by atoms with Crippen LogP contribution in [-0.4, -0.2) is 12.2 Å². The molecule has 0 spiro atoms. The van der Waals surface area contributed by atoms with E-state index in [-0.39, 0.29) is 12.5 Å². The zero-order chi connectivity index (χ0) is 8.36. The summed E-state index contributed by atoms with van der Waals surface area (Å²) in [4.78, 5) is 0. The molecule has 2 N–H and O–H groups in total. The first kappa shape index (κ1) is 9.75. The van der Waals surface area contributed by atoms with Crippen LogP contribution in [0.2, 0.25) is 0 Å². The molecule has 0 aromatic heterocycles. The summed E-state index contributed by atoms with van der Waals surface area (Å²) >= 11 is 0. The molecule has 0 aromatic carbocycles. The van der Waals surface area contributed by atoms with Crippen molar-refractivity contribution >= 4 is 0 Å². The van der Waals surface area contributed by atoms with Crippen LogP contribution in [0.25, 0.3) is 0 Å². The highest BCUT2D eigenvalue weighted by Crippen LogP contribution is 2.28. The Hall–Kier alpha value is -0.250. The van der Waals surface area contributed by atoms with E-state index in [4.69, 9.17) is 5.73 Å². The molecule has 0 aliphatic rings. The van der Waals surface area contributed by atoms with Crippen LogP contribution >= 0.6 is 0 Å². The van der Waals surface area contributed by atoms with Gasteiger partial charge in [0.2, 0.25) is 0 Å². The highest BCUT2D eigenvalue weighted by Gasteiger charge is 2.35. The first-order valence-corrected chi connectivity index (χ1v) is 3.16. The van der Waals surface area contributed by atoms with E-state index in [1.807, 2.05) is 0 Å². The predicted molar refractivity (Wildman–Crippen MR) is 33.5 cm³/mol. The zero-order valence-electron chi connectivity index (χ0n) is 6.07. The van der Waals surface area contributed by atoms with Gasteiger partial charge in [-0.1, -0.05) is 6.92 Å². The molecule has 0 saturated heterocycles. The van der Waals surface area contributed by atoms with Crippen LogP contribution in [0.5, 0.6) is 0 Å². The number of halogens is 3. The van der Waals surface area contributed by atoms with E-state index in [2.05, 4.69) is 0 Å². The lowest BCUT2D eigenvalue weighted by molar-refractivity contribution is -0.171. The highest BCUT2D eigenvalue weighted by atomic mass is 19.4. The van der Waals surface area contributed by atoms with E-state index in [0.717, 1.165) is 6.92 Å². The van der Waals surface area contributed by atoms with Crippen molar-refractivity contribution in [2.24, 2.45) is 11.7 Å². The first-order valence-electron chi connectivity index (χ1n) is 3.16. The van der Waals surface area contributed by atoms with Gasteiger partial charge in [0.1, 0.15) is 0 Å². The fourth-order valence-electron chi connectivity index (χ4n) is 0.691. The Bertz CT molecular complexity index is 97.7. The number of hydrogen-bond donors (Lipinski definition) is 1. The van der Waals surface area contributed by atoms with Crippen LogP contribution in [0.3, 0.4) is 0 Å². The van der Waals surface area contributed by atoms with Gasteiger partial charge in [-0.25, -0.2) is 0 Å². The largest absolute Gasteiger partial charge is 0.391 e. The summed E-state index contributed by atoms with van der Waals surface area (Å²) in [7, 11) is 0. The number of hydrogen-bond acceptors (Lipinski definition) is 1. The number of alkyl halides is 3. The molecule has 0 heterocycles. The zero-order valence-corrected chi connectivity index (χ0v) is 6.07. The Kier molecular flexibility index (Phi) is 3.15. The number of rotatable bonds is 2. The van der Waals surface area contributed by atoms with Crippen molar-refractivity contribution in [3.63, 3.8) is 0 Å². The van der Waals surface area contributed by atoms with Crippen LogP contribution in [0.15, 0.2) is 0 Å². The molecule has 0 radical (unpaired) electrons. The van der Waals surface area contributed by atoms with Crippen molar-refractivity contribution < 1.29 is 13.2 Å². The minimum absolute atomic E-state index is 0.00347. The molecule has 0 fully saturated rings. The van der Waals surface area contributed by atoms with Gasteiger partial charge in [-0.2, -0.15) is 13.2 Å². The summed E-state index contributed by atoms with van der Waals surface area (Å²) < 4.78 is 35.3. The van der Waals surface area contributed by atoms with E-state index >= 15 is 0 Å². The maximum Gasteiger partial charge on any atom is 0.391 e. The highest BCUT2D eigenvalue weighted by molar-refractivity contribution is 4.66. The molecule has 0 aromatic rings. The van der Waals surface area contributed by atoms with Gasteiger partial charge in [-0.3, -0.25) is 0 Å². The Morgan fingerprint density at radius 2 is 1.70 bits per heavy atom. The molecule has 4 heteroatoms. The van der Waals surface area contributed by atoms with Gasteiger partial charge in [-0.05, 0) is 13.3 Å². The van der Waals surface area contributed by atoms with Crippen molar-refractivity contribution in [2.75, 3.05) is 0 Å². The minimum atomic E-state index is -4.09. The maximum atomic E-state index is 11.8. The molecule has 62 valence electrons. The van der Waals surface area contributed by atoms with Gasteiger partial charge in [0.05, 0.1) is 5.92 Å². The van der Waals surface area contributed by atoms with Gasteiger partial charge < -0.3 is 5.73 Å². The van der Waals surface area contributed by atoms with Gasteiger partial charge in [0.15, 0.2) is 0 Å². The van der Waals surface area contributed by atoms with Crippen LogP contribution in [-0.2, 0) is 0 Å². The molecule has 0 aliphatic heterocycles. The molecule has 0 bridgehead atoms. The van der Waals surface area contributed by atoms with Crippen molar-refractivity contribution in [1.82, 2.24) is 0 Å². The Morgan fingerprint density at radius 3 is 1.80 bits per heavy atom. The summed E-state index contributed by atoms with van der Waals surface area (Å²) in [5.74, 6) is -1.28. The summed E-state index contributed by atoms with van der Waals surface area (Å²) in [5, 5.41) is 0. The van der Waals surface area contributed by atoms with E-state index in [1.165, 1.54) is 0 Å². The average Bonchev–Trinajstić information content (AvgIpc) is 1.60. The fraction of sp³-hybridized carbons (Fsp3) is 1.00. The van der Waals surface area contributed by atoms with Gasteiger partial charge in [-0.15, -0.1) is 0 Å². The fourth-order valence-corrected chi connectivity index (χ4v) is 0.691. The van der Waals surface area contributed by atoms with E-state index in [0.29, 0.717) is 0 Å². The Labute approximate surface area is 58.4 Å². The first-order chi connectivity index (χ1) is 4.34. The lowest BCUT2D eigenvalue weighted by atomic mass is 10.0. The molecule has 1 nitrogen and oxygen atoms in total. The van der Waals surface area contributed by atoms with Crippen LogP contribution in [0.1, 0.15) is 20.3 Å². The standard InChI is InChI=1S/C6H12F3N/c1-4(3-5(2)10)6(7,8)9/h4-5H,3,10H2,1-2H3/t4-,5-/m1/s1. The van der Waals surface area contributed by atoms with Crippen molar-refractivity contribution in [3.8, 4) is 0 Å². The molecular weight excluding hydrogens is 143 g/mol. The van der Waals surface area contributed by atoms with Crippen molar-refractivity contribution in [2.45, 2.75) is 32.5 Å². The third-order valence-corrected chi connectivity index (χ3v) is 1.28. The van der Waals surface area contributed by atoms with Gasteiger partial charge in [0, 0.05) is 6.04 Å². The second-order valence-electron chi connectivity index (χ2n) is 2.66. The van der Waals surface area contributed by atoms with Gasteiger partial charge in [0.25, 0.3) is 0 Å². The van der Waals surface area contributed by atoms with E-state index < -0.39 is 12.1 Å². The average molecular weight is 155 g/mol. The van der Waals surface area contributed by atoms with E-state index in [9.17, 15) is 13.2 Å². The lowest BCUT2D eigenvalue weighted by Crippen LogP contribution is -2.27. The molecular formula is C6H12F3N. The van der Waals surface area contributed by atoms with Crippen LogP contribution < -0.4 is 5.73 Å². The quantitative estimate of drug-likeness (QED) is 0.647. The van der Waals surface area contributed by atoms with Crippen molar-refractivity contribution in [1.29, 1.82) is 0 Å². The Balaban J connectivity index is 3.73. The van der Waals surface area contributed by atoms with Crippen LogP contribution in [0.4, 0.5) is 13.2 Å². The SMILES string of the molecule is C[C@H](C[C@@H](C)N)C(F)(F)F. The van der Waals surface area contributed by atoms with Crippen molar-refractivity contribution in [3.05, 3.63) is 0 Å². The summed E-state index contributed by atoms with van der Waals surface area (Å²) in [6.45, 7) is 2.71. The topological polar surface area (TPSA) is 26.0 Å². The minimum Gasteiger partial charge on any atom is -0.328 e. The molecule has 0 rings (SSSR count). The smallest absolute Gasteiger partial charge is 0.328 e. The normalized spacial score (nSPS) is 18.6. The van der Waals surface area contributed by atoms with E-state index in [1.54, 1.807) is 6.92 Å². The molecule has 0 unspecified atom stereocenters. The second-order valence-corrected chi connectivity index (χ2v) is 2.66. The second kappa shape index (κ2) is 3.23. The summed E-state index contributed by atoms with van der Waals surface area (Å²) in [6.07, 6.45) is -4.09. The third-order valence-electron chi connectivity index (χ3n) is 1.28. The monoisotopic (exact) mass is 155 g/mol. The molecule has 0 aliphatic carbocycles. The summed E-state index contributed by atoms with van der Waals surface area (Å²) in [5.41, 5.74) is 5.19. The van der Waals surface area contributed by atoms with Gasteiger partial charge >= 0.3 is 6.18 Å². The predicted octanol–water partition coefficient (Wildman–Crippen LogP) is 1.92. The molecule has 0 amide bonds. The summed E-state index contributed by atoms with van der Waals surface area (Å²) in [6, 6.07) is -0.378. The lowest BCUT2D eigenvalue weighted by Gasteiger charge is -2.16. The molecule has 0 saturated carbocycles. The number of nitrogens with two attached hydrogens (primary N) is 1. The Morgan fingerprint density at radius 1 is 1.30 bits per heavy atom. The van der Waals surface area contributed by atoms with Crippen LogP contribution in [0, 0.1) is 5.92 Å². The molecule has 10 heavy (non-hydrogen) atoms.